The Morgan fingerprint density at radius 3 is 2.48 bits per heavy atom. The molecular weight excluding hydrogens is 309 g/mol. The molecule has 0 saturated heterocycles. The summed E-state index contributed by atoms with van der Waals surface area (Å²) in [6, 6.07) is 7.35. The minimum absolute atomic E-state index is 0.0116. The Labute approximate surface area is 136 Å². The number of ether oxygens (including phenoxy) is 1. The summed E-state index contributed by atoms with van der Waals surface area (Å²) in [7, 11) is 0. The highest BCUT2D eigenvalue weighted by Crippen LogP contribution is 2.23. The molecule has 0 aliphatic heterocycles. The largest absolute Gasteiger partial charge is 0.484 e. The maximum absolute atomic E-state index is 12.4. The van der Waals surface area contributed by atoms with E-state index < -0.39 is 0 Å². The van der Waals surface area contributed by atoms with E-state index in [1.165, 1.54) is 19.3 Å². The molecule has 2 rings (SSSR count). The van der Waals surface area contributed by atoms with Crippen LogP contribution in [0.3, 0.4) is 0 Å². The maximum Gasteiger partial charge on any atom is 0.260 e. The molecule has 1 aromatic carbocycles. The van der Waals surface area contributed by atoms with Gasteiger partial charge in [-0.15, -0.1) is 11.6 Å². The Bertz CT molecular complexity index is 444. The number of carbonyl (C=O) groups excluding carboxylic acids is 1. The van der Waals surface area contributed by atoms with Crippen molar-refractivity contribution in [2.45, 2.75) is 38.1 Å². The lowest BCUT2D eigenvalue weighted by atomic mass is 9.94. The summed E-state index contributed by atoms with van der Waals surface area (Å²) in [4.78, 5) is 14.3. The quantitative estimate of drug-likeness (QED) is 0.735. The predicted molar refractivity (Wildman–Crippen MR) is 86.3 cm³/mol. The monoisotopic (exact) mass is 329 g/mol. The molecule has 1 aliphatic rings. The van der Waals surface area contributed by atoms with Crippen molar-refractivity contribution in [1.29, 1.82) is 0 Å². The van der Waals surface area contributed by atoms with Crippen LogP contribution in [0.4, 0.5) is 0 Å². The van der Waals surface area contributed by atoms with Crippen LogP contribution >= 0.6 is 23.2 Å². The number of amides is 1. The fraction of sp³-hybridized carbons (Fsp3) is 0.562. The van der Waals surface area contributed by atoms with Crippen LogP contribution in [0.2, 0.25) is 5.02 Å². The second-order valence-corrected chi connectivity index (χ2v) is 6.12. The van der Waals surface area contributed by atoms with E-state index in [4.69, 9.17) is 27.9 Å². The topological polar surface area (TPSA) is 29.5 Å². The van der Waals surface area contributed by atoms with Crippen LogP contribution in [0.25, 0.3) is 0 Å². The number of carbonyl (C=O) groups is 1. The number of alkyl halides is 1. The smallest absolute Gasteiger partial charge is 0.260 e. The van der Waals surface area contributed by atoms with E-state index >= 15 is 0 Å². The molecule has 1 fully saturated rings. The zero-order valence-electron chi connectivity index (χ0n) is 12.1. The highest BCUT2D eigenvalue weighted by Gasteiger charge is 2.25. The first-order valence-corrected chi connectivity index (χ1v) is 8.36. The summed E-state index contributed by atoms with van der Waals surface area (Å²) < 4.78 is 5.55. The summed E-state index contributed by atoms with van der Waals surface area (Å²) in [5.41, 5.74) is 0. The molecule has 1 amide bonds. The van der Waals surface area contributed by atoms with E-state index in [0.29, 0.717) is 29.2 Å². The summed E-state index contributed by atoms with van der Waals surface area (Å²) in [6.45, 7) is 0.643. The van der Waals surface area contributed by atoms with Crippen LogP contribution in [0.15, 0.2) is 24.3 Å². The molecule has 1 saturated carbocycles. The Balaban J connectivity index is 1.89. The first-order chi connectivity index (χ1) is 10.2. The Morgan fingerprint density at radius 1 is 1.19 bits per heavy atom. The van der Waals surface area contributed by atoms with Gasteiger partial charge in [-0.25, -0.2) is 0 Å². The van der Waals surface area contributed by atoms with Gasteiger partial charge in [-0.05, 0) is 37.1 Å². The normalized spacial score (nSPS) is 15.7. The number of halogens is 2. The van der Waals surface area contributed by atoms with Gasteiger partial charge >= 0.3 is 0 Å². The highest BCUT2D eigenvalue weighted by atomic mass is 35.5. The summed E-state index contributed by atoms with van der Waals surface area (Å²) in [5.74, 6) is 1.13. The van der Waals surface area contributed by atoms with Crippen LogP contribution in [-0.4, -0.2) is 35.9 Å². The van der Waals surface area contributed by atoms with Gasteiger partial charge in [0, 0.05) is 23.5 Å². The lowest BCUT2D eigenvalue weighted by Gasteiger charge is -2.34. The van der Waals surface area contributed by atoms with Gasteiger partial charge in [0.25, 0.3) is 5.91 Å². The van der Waals surface area contributed by atoms with Crippen LogP contribution in [0, 0.1) is 0 Å². The molecule has 5 heteroatoms. The van der Waals surface area contributed by atoms with Gasteiger partial charge in [0.05, 0.1) is 0 Å². The highest BCUT2D eigenvalue weighted by molar-refractivity contribution is 6.30. The van der Waals surface area contributed by atoms with Gasteiger partial charge in [0.15, 0.2) is 6.61 Å². The van der Waals surface area contributed by atoms with Crippen molar-refractivity contribution in [3.05, 3.63) is 29.3 Å². The van der Waals surface area contributed by atoms with Crippen molar-refractivity contribution in [1.82, 2.24) is 4.90 Å². The van der Waals surface area contributed by atoms with Gasteiger partial charge < -0.3 is 9.64 Å². The molecule has 1 aliphatic carbocycles. The predicted octanol–water partition coefficient (Wildman–Crippen LogP) is 4.12. The lowest BCUT2D eigenvalue weighted by Crippen LogP contribution is -2.44. The van der Waals surface area contributed by atoms with Crippen molar-refractivity contribution in [2.75, 3.05) is 19.0 Å². The second-order valence-electron chi connectivity index (χ2n) is 5.31. The van der Waals surface area contributed by atoms with Crippen LogP contribution in [0.5, 0.6) is 5.75 Å². The molecule has 0 heterocycles. The third-order valence-electron chi connectivity index (χ3n) is 3.84. The first kappa shape index (κ1) is 16.4. The van der Waals surface area contributed by atoms with E-state index in [1.807, 2.05) is 4.90 Å². The minimum atomic E-state index is 0.0116. The lowest BCUT2D eigenvalue weighted by molar-refractivity contribution is -0.136. The average molecular weight is 330 g/mol. The Morgan fingerprint density at radius 2 is 1.86 bits per heavy atom. The Hall–Kier alpha value is -0.930. The van der Waals surface area contributed by atoms with Gasteiger partial charge in [-0.2, -0.15) is 0 Å². The van der Waals surface area contributed by atoms with Crippen molar-refractivity contribution >= 4 is 29.1 Å². The van der Waals surface area contributed by atoms with E-state index in [0.717, 1.165) is 12.8 Å². The van der Waals surface area contributed by atoms with Crippen molar-refractivity contribution < 1.29 is 9.53 Å². The number of hydrogen-bond acceptors (Lipinski definition) is 2. The average Bonchev–Trinajstić information content (AvgIpc) is 2.52. The molecule has 21 heavy (non-hydrogen) atoms. The summed E-state index contributed by atoms with van der Waals surface area (Å²) in [6.07, 6.45) is 5.79. The van der Waals surface area contributed by atoms with E-state index in [-0.39, 0.29) is 12.5 Å². The molecule has 0 unspecified atom stereocenters. The van der Waals surface area contributed by atoms with E-state index in [2.05, 4.69) is 0 Å². The second kappa shape index (κ2) is 8.50. The molecular formula is C16H21Cl2NO2. The fourth-order valence-electron chi connectivity index (χ4n) is 2.75. The molecule has 0 spiro atoms. The van der Waals surface area contributed by atoms with E-state index in [1.54, 1.807) is 24.3 Å². The standard InChI is InChI=1S/C16H21Cl2NO2/c17-10-11-19(14-4-2-1-3-5-14)16(20)12-21-15-8-6-13(18)7-9-15/h6-9,14H,1-5,10-12H2. The molecule has 0 radical (unpaired) electrons. The van der Waals surface area contributed by atoms with Gasteiger partial charge in [-0.1, -0.05) is 30.9 Å². The molecule has 0 N–H and O–H groups in total. The van der Waals surface area contributed by atoms with Gasteiger partial charge in [0.2, 0.25) is 0 Å². The maximum atomic E-state index is 12.4. The minimum Gasteiger partial charge on any atom is -0.484 e. The number of nitrogens with zero attached hydrogens (tertiary/aromatic N) is 1. The van der Waals surface area contributed by atoms with E-state index in [9.17, 15) is 4.79 Å². The third-order valence-corrected chi connectivity index (χ3v) is 4.26. The number of hydrogen-bond donors (Lipinski definition) is 0. The van der Waals surface area contributed by atoms with Gasteiger partial charge in [0.1, 0.15) is 5.75 Å². The van der Waals surface area contributed by atoms with Crippen molar-refractivity contribution in [3.8, 4) is 5.75 Å². The van der Waals surface area contributed by atoms with Gasteiger partial charge in [-0.3, -0.25) is 4.79 Å². The molecule has 0 bridgehead atoms. The molecule has 3 nitrogen and oxygen atoms in total. The van der Waals surface area contributed by atoms with Crippen molar-refractivity contribution in [3.63, 3.8) is 0 Å². The summed E-state index contributed by atoms with van der Waals surface area (Å²) in [5, 5.41) is 0.652. The van der Waals surface area contributed by atoms with Crippen LogP contribution < -0.4 is 4.74 Å². The number of rotatable bonds is 6. The van der Waals surface area contributed by atoms with Crippen molar-refractivity contribution in [2.24, 2.45) is 0 Å². The zero-order valence-corrected chi connectivity index (χ0v) is 13.6. The number of benzene rings is 1. The SMILES string of the molecule is O=C(COc1ccc(Cl)cc1)N(CCCl)C1CCCCC1. The summed E-state index contributed by atoms with van der Waals surface area (Å²) >= 11 is 11.7. The van der Waals surface area contributed by atoms with Crippen LogP contribution in [-0.2, 0) is 4.79 Å². The molecule has 0 aromatic heterocycles. The Kier molecular flexibility index (Phi) is 6.65. The fourth-order valence-corrected chi connectivity index (χ4v) is 3.06. The third kappa shape index (κ3) is 5.08. The zero-order chi connectivity index (χ0) is 15.1. The molecule has 116 valence electrons. The first-order valence-electron chi connectivity index (χ1n) is 7.44. The molecule has 0 atom stereocenters. The van der Waals surface area contributed by atoms with Crippen LogP contribution in [0.1, 0.15) is 32.1 Å². The molecule has 1 aromatic rings.